The van der Waals surface area contributed by atoms with Gasteiger partial charge in [-0.15, -0.1) is 0 Å². The van der Waals surface area contributed by atoms with Crippen molar-refractivity contribution in [2.24, 2.45) is 0 Å². The molecule has 0 bridgehead atoms. The average Bonchev–Trinajstić information content (AvgIpc) is 2.14. The molecule has 0 radical (unpaired) electrons. The lowest BCUT2D eigenvalue weighted by atomic mass is 10.5. The van der Waals surface area contributed by atoms with E-state index >= 15 is 0 Å². The number of carbonyl (C=O) groups excluding carboxylic acids is 2. The zero-order valence-corrected chi connectivity index (χ0v) is 11.9. The third-order valence-corrected chi connectivity index (χ3v) is 4.12. The highest BCUT2D eigenvalue weighted by molar-refractivity contribution is 7.99. The topological polar surface area (TPSA) is 68.3 Å². The maximum Gasteiger partial charge on any atom is 0.157 e. The van der Waals surface area contributed by atoms with Gasteiger partial charge >= 0.3 is 0 Å². The summed E-state index contributed by atoms with van der Waals surface area (Å²) in [4.78, 5) is 20.4. The second-order valence-corrected chi connectivity index (χ2v) is 6.85. The van der Waals surface area contributed by atoms with Crippen molar-refractivity contribution in [1.29, 1.82) is 0 Å². The van der Waals surface area contributed by atoms with Crippen molar-refractivity contribution in [3.63, 3.8) is 0 Å². The number of sulfone groups is 1. The number of hydrogen-bond acceptors (Lipinski definition) is 5. The maximum absolute atomic E-state index is 10.6. The predicted molar refractivity (Wildman–Crippen MR) is 68.7 cm³/mol. The van der Waals surface area contributed by atoms with Crippen molar-refractivity contribution in [2.75, 3.05) is 23.0 Å². The van der Waals surface area contributed by atoms with Crippen LogP contribution in [0.3, 0.4) is 0 Å². The second-order valence-electron chi connectivity index (χ2n) is 3.22. The normalized spacial score (nSPS) is 10.2. The van der Waals surface area contributed by atoms with Gasteiger partial charge in [0.2, 0.25) is 0 Å². The molecule has 0 heterocycles. The minimum absolute atomic E-state index is 0.0482. The van der Waals surface area contributed by atoms with Gasteiger partial charge in [0.05, 0.1) is 5.75 Å². The van der Waals surface area contributed by atoms with Crippen LogP contribution in [0.5, 0.6) is 0 Å². The van der Waals surface area contributed by atoms with Crippen LogP contribution in [0.4, 0.5) is 0 Å². The molecule has 0 amide bonds. The predicted octanol–water partition coefficient (Wildman–Crippen LogP) is 1.34. The number of ketones is 2. The Hall–Kier alpha value is -0.360. The lowest BCUT2D eigenvalue weighted by molar-refractivity contribution is -0.115. The van der Waals surface area contributed by atoms with Crippen LogP contribution < -0.4 is 0 Å². The molecular formula is C10H20O4S2. The number of thioether (sulfide) groups is 1. The van der Waals surface area contributed by atoms with Crippen LogP contribution in [-0.4, -0.2) is 43.0 Å². The Kier molecular flexibility index (Phi) is 11.1. The van der Waals surface area contributed by atoms with Gasteiger partial charge in [-0.05, 0) is 19.6 Å². The Morgan fingerprint density at radius 1 is 1.06 bits per heavy atom. The van der Waals surface area contributed by atoms with Gasteiger partial charge in [0.1, 0.15) is 17.3 Å². The summed E-state index contributed by atoms with van der Waals surface area (Å²) < 4.78 is 21.2. The van der Waals surface area contributed by atoms with Gasteiger partial charge in [0.15, 0.2) is 9.84 Å². The minimum Gasteiger partial charge on any atom is -0.299 e. The first-order chi connectivity index (χ1) is 7.25. The molecule has 0 aliphatic rings. The second kappa shape index (κ2) is 9.84. The highest BCUT2D eigenvalue weighted by Gasteiger charge is 2.09. The molecule has 0 spiro atoms. The number of carbonyl (C=O) groups is 2. The molecule has 0 rings (SSSR count). The highest BCUT2D eigenvalue weighted by atomic mass is 32.2. The van der Waals surface area contributed by atoms with E-state index in [9.17, 15) is 18.0 Å². The van der Waals surface area contributed by atoms with E-state index in [0.717, 1.165) is 5.75 Å². The van der Waals surface area contributed by atoms with E-state index in [1.807, 2.05) is 6.92 Å². The zero-order valence-electron chi connectivity index (χ0n) is 10.3. The summed E-state index contributed by atoms with van der Waals surface area (Å²) in [5.41, 5.74) is 0. The lowest BCUT2D eigenvalue weighted by Gasteiger charge is -1.93. The molecule has 16 heavy (non-hydrogen) atoms. The summed E-state index contributed by atoms with van der Waals surface area (Å²) in [6.45, 7) is 6.46. The van der Waals surface area contributed by atoms with Gasteiger partial charge in [-0.2, -0.15) is 11.8 Å². The Labute approximate surface area is 102 Å². The fourth-order valence-electron chi connectivity index (χ4n) is 0.658. The van der Waals surface area contributed by atoms with Gasteiger partial charge < -0.3 is 0 Å². The van der Waals surface area contributed by atoms with Gasteiger partial charge in [-0.1, -0.05) is 13.8 Å². The van der Waals surface area contributed by atoms with E-state index in [2.05, 4.69) is 0 Å². The van der Waals surface area contributed by atoms with Crippen molar-refractivity contribution in [3.05, 3.63) is 0 Å². The number of hydrogen-bond donors (Lipinski definition) is 0. The van der Waals surface area contributed by atoms with Crippen LogP contribution in [0.25, 0.3) is 0 Å². The standard InChI is InChI=1S/C5H10O3S.C5H10OS/c1-3-9(7,8)4-5(2)6;1-3-7-4-5(2)6/h3-4H2,1-2H3;3-4H2,1-2H3. The fraction of sp³-hybridized carbons (Fsp3) is 0.800. The van der Waals surface area contributed by atoms with Crippen molar-refractivity contribution in [1.82, 2.24) is 0 Å². The molecular weight excluding hydrogens is 248 g/mol. The van der Waals surface area contributed by atoms with Crippen LogP contribution in [0.1, 0.15) is 27.7 Å². The molecule has 0 atom stereocenters. The molecule has 0 aromatic carbocycles. The van der Waals surface area contributed by atoms with Crippen LogP contribution in [0.15, 0.2) is 0 Å². The molecule has 0 fully saturated rings. The minimum atomic E-state index is -3.07. The van der Waals surface area contributed by atoms with Crippen molar-refractivity contribution < 1.29 is 18.0 Å². The summed E-state index contributed by atoms with van der Waals surface area (Å²) >= 11 is 1.67. The van der Waals surface area contributed by atoms with E-state index in [1.165, 1.54) is 13.8 Å². The van der Waals surface area contributed by atoms with Gasteiger partial charge in [-0.3, -0.25) is 9.59 Å². The Balaban J connectivity index is 0. The molecule has 0 saturated heterocycles. The van der Waals surface area contributed by atoms with E-state index in [4.69, 9.17) is 0 Å². The van der Waals surface area contributed by atoms with E-state index in [-0.39, 0.29) is 23.1 Å². The molecule has 4 nitrogen and oxygen atoms in total. The third-order valence-electron chi connectivity index (χ3n) is 1.37. The quantitative estimate of drug-likeness (QED) is 0.727. The molecule has 0 N–H and O–H groups in total. The lowest BCUT2D eigenvalue weighted by Crippen LogP contribution is -2.14. The molecule has 96 valence electrons. The third kappa shape index (κ3) is 16.1. The van der Waals surface area contributed by atoms with Crippen molar-refractivity contribution in [3.8, 4) is 0 Å². The zero-order chi connectivity index (χ0) is 13.2. The fourth-order valence-corrected chi connectivity index (χ4v) is 1.97. The Morgan fingerprint density at radius 2 is 1.56 bits per heavy atom. The largest absolute Gasteiger partial charge is 0.299 e. The van der Waals surface area contributed by atoms with Crippen LogP contribution in [-0.2, 0) is 19.4 Å². The number of rotatable bonds is 6. The summed E-state index contributed by atoms with van der Waals surface area (Å²) in [6.07, 6.45) is 0. The van der Waals surface area contributed by atoms with Crippen LogP contribution >= 0.6 is 11.8 Å². The first kappa shape index (κ1) is 18.0. The smallest absolute Gasteiger partial charge is 0.157 e. The average molecular weight is 268 g/mol. The SMILES string of the molecule is CCS(=O)(=O)CC(C)=O.CCSCC(C)=O. The van der Waals surface area contributed by atoms with Crippen LogP contribution in [0.2, 0.25) is 0 Å². The summed E-state index contributed by atoms with van der Waals surface area (Å²) in [7, 11) is -3.07. The summed E-state index contributed by atoms with van der Waals surface area (Å²) in [5.74, 6) is 1.43. The van der Waals surface area contributed by atoms with E-state index in [1.54, 1.807) is 18.7 Å². The molecule has 0 saturated carbocycles. The highest BCUT2D eigenvalue weighted by Crippen LogP contribution is 1.96. The van der Waals surface area contributed by atoms with Gasteiger partial charge in [-0.25, -0.2) is 8.42 Å². The van der Waals surface area contributed by atoms with Gasteiger partial charge in [0.25, 0.3) is 0 Å². The molecule has 6 heteroatoms. The maximum atomic E-state index is 10.6. The molecule has 0 aromatic heterocycles. The molecule has 0 aliphatic heterocycles. The summed E-state index contributed by atoms with van der Waals surface area (Å²) in [5, 5.41) is 0. The van der Waals surface area contributed by atoms with Gasteiger partial charge in [0, 0.05) is 5.75 Å². The summed E-state index contributed by atoms with van der Waals surface area (Å²) in [6, 6.07) is 0. The Morgan fingerprint density at radius 3 is 1.69 bits per heavy atom. The molecule has 0 unspecified atom stereocenters. The molecule has 0 aliphatic carbocycles. The first-order valence-electron chi connectivity index (χ1n) is 5.02. The van der Waals surface area contributed by atoms with E-state index in [0.29, 0.717) is 5.75 Å². The molecule has 0 aromatic rings. The van der Waals surface area contributed by atoms with Crippen molar-refractivity contribution in [2.45, 2.75) is 27.7 Å². The number of Topliss-reactive ketones (excluding diaryl/α,β-unsaturated/α-hetero) is 2. The van der Waals surface area contributed by atoms with Crippen LogP contribution in [0, 0.1) is 0 Å². The first-order valence-corrected chi connectivity index (χ1v) is 7.99. The monoisotopic (exact) mass is 268 g/mol. The Bertz CT molecular complexity index is 307. The van der Waals surface area contributed by atoms with Crippen molar-refractivity contribution >= 4 is 33.2 Å². The van der Waals surface area contributed by atoms with E-state index < -0.39 is 9.84 Å².